The molecule has 1 aliphatic carbocycles. The van der Waals surface area contributed by atoms with Crippen molar-refractivity contribution in [2.75, 3.05) is 38.7 Å². The Hall–Kier alpha value is -1.99. The molecule has 1 atom stereocenters. The third-order valence-corrected chi connectivity index (χ3v) is 5.94. The lowest BCUT2D eigenvalue weighted by Crippen LogP contribution is -2.30. The zero-order valence-corrected chi connectivity index (χ0v) is 16.8. The Morgan fingerprint density at radius 2 is 2.07 bits per heavy atom. The van der Waals surface area contributed by atoms with E-state index in [1.54, 1.807) is 13.3 Å². The number of likely N-dealkylation sites (tertiary alicyclic amines) is 1. The number of hydrogen-bond acceptors (Lipinski definition) is 7. The quantitative estimate of drug-likeness (QED) is 0.690. The van der Waals surface area contributed by atoms with E-state index in [4.69, 9.17) is 14.2 Å². The van der Waals surface area contributed by atoms with Gasteiger partial charge in [0.1, 0.15) is 5.82 Å². The molecule has 2 aliphatic rings. The molecular weight excluding hydrogens is 354 g/mol. The second-order valence-corrected chi connectivity index (χ2v) is 7.96. The number of hydrogen-bond donors (Lipinski definition) is 1. The summed E-state index contributed by atoms with van der Waals surface area (Å²) in [5.74, 6) is 3.03. The fraction of sp³-hybridized carbons (Fsp3) is 0.667. The van der Waals surface area contributed by atoms with Gasteiger partial charge in [0.05, 0.1) is 12.6 Å². The molecule has 0 bridgehead atoms. The fourth-order valence-corrected chi connectivity index (χ4v) is 4.43. The van der Waals surface area contributed by atoms with E-state index in [9.17, 15) is 0 Å². The number of nitrogens with zero attached hydrogens (tertiary/aromatic N) is 4. The van der Waals surface area contributed by atoms with Crippen molar-refractivity contribution in [3.05, 3.63) is 24.2 Å². The van der Waals surface area contributed by atoms with E-state index in [0.717, 1.165) is 42.7 Å². The molecule has 0 radical (unpaired) electrons. The van der Waals surface area contributed by atoms with Crippen molar-refractivity contribution in [2.24, 2.45) is 5.92 Å². The predicted molar refractivity (Wildman–Crippen MR) is 108 cm³/mol. The minimum Gasteiger partial charge on any atom is -0.383 e. The SMILES string of the molecule is COCCNc1ccc(-c2noc(C3CCCN3CC3CCCCC3)n2)cn1. The maximum Gasteiger partial charge on any atom is 0.244 e. The highest BCUT2D eigenvalue weighted by Crippen LogP contribution is 2.35. The first-order valence-corrected chi connectivity index (χ1v) is 10.6. The summed E-state index contributed by atoms with van der Waals surface area (Å²) in [5, 5.41) is 7.44. The lowest BCUT2D eigenvalue weighted by Gasteiger charge is -2.29. The van der Waals surface area contributed by atoms with Gasteiger partial charge < -0.3 is 14.6 Å². The molecule has 3 heterocycles. The molecular formula is C21H31N5O2. The zero-order chi connectivity index (χ0) is 19.2. The van der Waals surface area contributed by atoms with Crippen LogP contribution in [0.15, 0.2) is 22.9 Å². The van der Waals surface area contributed by atoms with Gasteiger partial charge >= 0.3 is 0 Å². The summed E-state index contributed by atoms with van der Waals surface area (Å²) in [5.41, 5.74) is 0.879. The third kappa shape index (κ3) is 4.70. The molecule has 7 heteroatoms. The van der Waals surface area contributed by atoms with Gasteiger partial charge in [-0.1, -0.05) is 24.4 Å². The average Bonchev–Trinajstić information content (AvgIpc) is 3.39. The Bertz CT molecular complexity index is 727. The van der Waals surface area contributed by atoms with Gasteiger partial charge in [-0.05, 0) is 50.3 Å². The van der Waals surface area contributed by atoms with Gasteiger partial charge in [-0.2, -0.15) is 4.98 Å². The molecule has 28 heavy (non-hydrogen) atoms. The molecule has 2 fully saturated rings. The highest BCUT2D eigenvalue weighted by Gasteiger charge is 2.32. The largest absolute Gasteiger partial charge is 0.383 e. The van der Waals surface area contributed by atoms with E-state index in [1.165, 1.54) is 45.1 Å². The topological polar surface area (TPSA) is 76.3 Å². The number of ether oxygens (including phenoxy) is 1. The molecule has 1 N–H and O–H groups in total. The van der Waals surface area contributed by atoms with Crippen molar-refractivity contribution < 1.29 is 9.26 Å². The van der Waals surface area contributed by atoms with Crippen LogP contribution in [0.4, 0.5) is 5.82 Å². The van der Waals surface area contributed by atoms with Gasteiger partial charge in [-0.3, -0.25) is 4.90 Å². The van der Waals surface area contributed by atoms with Gasteiger partial charge in [-0.25, -0.2) is 4.98 Å². The first kappa shape index (κ1) is 19.3. The summed E-state index contributed by atoms with van der Waals surface area (Å²) < 4.78 is 10.7. The standard InChI is InChI=1S/C21H31N5O2/c1-27-13-11-22-19-10-9-17(14-23-19)20-24-21(28-25-20)18-8-5-12-26(18)15-16-6-3-2-4-7-16/h9-10,14,16,18H,2-8,11-13,15H2,1H3,(H,22,23). The molecule has 2 aromatic heterocycles. The smallest absolute Gasteiger partial charge is 0.244 e. The van der Waals surface area contributed by atoms with Crippen molar-refractivity contribution in [3.8, 4) is 11.4 Å². The van der Waals surface area contributed by atoms with E-state index in [-0.39, 0.29) is 6.04 Å². The molecule has 0 amide bonds. The van der Waals surface area contributed by atoms with E-state index in [2.05, 4.69) is 20.4 Å². The van der Waals surface area contributed by atoms with Crippen molar-refractivity contribution in [1.29, 1.82) is 0 Å². The Morgan fingerprint density at radius 1 is 1.18 bits per heavy atom. The Morgan fingerprint density at radius 3 is 2.86 bits per heavy atom. The van der Waals surface area contributed by atoms with E-state index < -0.39 is 0 Å². The van der Waals surface area contributed by atoms with Crippen molar-refractivity contribution in [3.63, 3.8) is 0 Å². The number of anilines is 1. The Balaban J connectivity index is 1.39. The highest BCUT2D eigenvalue weighted by molar-refractivity contribution is 5.55. The van der Waals surface area contributed by atoms with Crippen LogP contribution in [0.25, 0.3) is 11.4 Å². The number of aromatic nitrogens is 3. The number of pyridine rings is 1. The van der Waals surface area contributed by atoms with Crippen LogP contribution in [0.5, 0.6) is 0 Å². The molecule has 2 aromatic rings. The van der Waals surface area contributed by atoms with E-state index in [0.29, 0.717) is 12.4 Å². The zero-order valence-electron chi connectivity index (χ0n) is 16.8. The predicted octanol–water partition coefficient (Wildman–Crippen LogP) is 3.91. The summed E-state index contributed by atoms with van der Waals surface area (Å²) in [6, 6.07) is 4.18. The van der Waals surface area contributed by atoms with E-state index >= 15 is 0 Å². The first-order chi connectivity index (χ1) is 13.8. The molecule has 4 rings (SSSR count). The molecule has 1 saturated carbocycles. The van der Waals surface area contributed by atoms with Crippen LogP contribution in [-0.2, 0) is 4.74 Å². The lowest BCUT2D eigenvalue weighted by atomic mass is 9.89. The average molecular weight is 386 g/mol. The van der Waals surface area contributed by atoms with E-state index in [1.807, 2.05) is 12.1 Å². The molecule has 1 unspecified atom stereocenters. The first-order valence-electron chi connectivity index (χ1n) is 10.6. The van der Waals surface area contributed by atoms with Crippen LogP contribution in [-0.4, -0.2) is 53.4 Å². The van der Waals surface area contributed by atoms with Crippen LogP contribution in [0, 0.1) is 5.92 Å². The maximum absolute atomic E-state index is 5.67. The highest BCUT2D eigenvalue weighted by atomic mass is 16.5. The van der Waals surface area contributed by atoms with Gasteiger partial charge in [0.25, 0.3) is 0 Å². The number of methoxy groups -OCH3 is 1. The number of nitrogens with one attached hydrogen (secondary N) is 1. The van der Waals surface area contributed by atoms with Gasteiger partial charge in [0.2, 0.25) is 11.7 Å². The van der Waals surface area contributed by atoms with Crippen molar-refractivity contribution >= 4 is 5.82 Å². The summed E-state index contributed by atoms with van der Waals surface area (Å²) in [4.78, 5) is 11.7. The monoisotopic (exact) mass is 385 g/mol. The Labute approximate surface area is 166 Å². The third-order valence-electron chi connectivity index (χ3n) is 5.94. The maximum atomic E-state index is 5.67. The minimum absolute atomic E-state index is 0.270. The molecule has 0 spiro atoms. The molecule has 0 aromatic carbocycles. The summed E-state index contributed by atoms with van der Waals surface area (Å²) in [7, 11) is 1.69. The van der Waals surface area contributed by atoms with Gasteiger partial charge in [0, 0.05) is 32.0 Å². The van der Waals surface area contributed by atoms with Crippen molar-refractivity contribution in [1.82, 2.24) is 20.0 Å². The Kier molecular flexibility index (Phi) is 6.54. The van der Waals surface area contributed by atoms with Crippen LogP contribution < -0.4 is 5.32 Å². The summed E-state index contributed by atoms with van der Waals surface area (Å²) >= 11 is 0. The van der Waals surface area contributed by atoms with Crippen molar-refractivity contribution in [2.45, 2.75) is 51.0 Å². The molecule has 1 saturated heterocycles. The molecule has 1 aliphatic heterocycles. The van der Waals surface area contributed by atoms with Crippen LogP contribution >= 0.6 is 0 Å². The summed E-state index contributed by atoms with van der Waals surface area (Å²) in [6.07, 6.45) is 11.0. The second kappa shape index (κ2) is 9.47. The molecule has 152 valence electrons. The van der Waals surface area contributed by atoms with Crippen LogP contribution in [0.3, 0.4) is 0 Å². The molecule has 7 nitrogen and oxygen atoms in total. The van der Waals surface area contributed by atoms with Crippen LogP contribution in [0.2, 0.25) is 0 Å². The summed E-state index contributed by atoms with van der Waals surface area (Å²) in [6.45, 7) is 3.69. The lowest BCUT2D eigenvalue weighted by molar-refractivity contribution is 0.163. The number of rotatable bonds is 8. The normalized spacial score (nSPS) is 21.2. The van der Waals surface area contributed by atoms with Gasteiger partial charge in [-0.15, -0.1) is 0 Å². The fourth-order valence-electron chi connectivity index (χ4n) is 4.43. The van der Waals surface area contributed by atoms with Crippen LogP contribution in [0.1, 0.15) is 56.9 Å². The minimum atomic E-state index is 0.270. The van der Waals surface area contributed by atoms with Gasteiger partial charge in [0.15, 0.2) is 0 Å². The second-order valence-electron chi connectivity index (χ2n) is 7.96.